The van der Waals surface area contributed by atoms with Crippen molar-refractivity contribution in [2.45, 2.75) is 6.92 Å². The van der Waals surface area contributed by atoms with Gasteiger partial charge in [0.15, 0.2) is 0 Å². The molecule has 0 N–H and O–H groups in total. The summed E-state index contributed by atoms with van der Waals surface area (Å²) >= 11 is 0. The number of aromatic nitrogens is 1. The Bertz CT molecular complexity index is 282. The Morgan fingerprint density at radius 1 is 1.46 bits per heavy atom. The maximum absolute atomic E-state index is 5.27. The van der Waals surface area contributed by atoms with Crippen LogP contribution in [0.15, 0.2) is 12.1 Å². The molecule has 0 aromatic carbocycles. The zero-order valence-electron chi connectivity index (χ0n) is 7.79. The third-order valence-corrected chi connectivity index (χ3v) is 2.14. The Kier molecular flexibility index (Phi) is 2.45. The lowest BCUT2D eigenvalue weighted by molar-refractivity contribution is 0.122. The van der Waals surface area contributed by atoms with Gasteiger partial charge in [-0.2, -0.15) is 0 Å². The van der Waals surface area contributed by atoms with Gasteiger partial charge in [-0.1, -0.05) is 0 Å². The summed E-state index contributed by atoms with van der Waals surface area (Å²) in [7, 11) is 0. The minimum Gasteiger partial charge on any atom is -0.378 e. The highest BCUT2D eigenvalue weighted by Gasteiger charge is 2.11. The zero-order valence-corrected chi connectivity index (χ0v) is 7.79. The second kappa shape index (κ2) is 3.75. The normalized spacial score (nSPS) is 17.5. The van der Waals surface area contributed by atoms with Crippen molar-refractivity contribution in [3.63, 3.8) is 0 Å². The SMILES string of the molecule is Cc1[c]ccc(N2CCOCC2)n1. The molecule has 0 spiro atoms. The molecule has 1 radical (unpaired) electrons. The predicted octanol–water partition coefficient (Wildman–Crippen LogP) is 1.03. The van der Waals surface area contributed by atoms with Crippen molar-refractivity contribution < 1.29 is 4.74 Å². The minimum absolute atomic E-state index is 0.805. The lowest BCUT2D eigenvalue weighted by atomic mass is 10.3. The van der Waals surface area contributed by atoms with Crippen LogP contribution in [0.4, 0.5) is 5.82 Å². The highest BCUT2D eigenvalue weighted by Crippen LogP contribution is 2.12. The van der Waals surface area contributed by atoms with Gasteiger partial charge in [-0.3, -0.25) is 0 Å². The van der Waals surface area contributed by atoms with Crippen LogP contribution in [0.2, 0.25) is 0 Å². The van der Waals surface area contributed by atoms with Crippen molar-refractivity contribution in [2.75, 3.05) is 31.2 Å². The average molecular weight is 177 g/mol. The number of morpholine rings is 1. The van der Waals surface area contributed by atoms with Crippen molar-refractivity contribution in [1.29, 1.82) is 0 Å². The van der Waals surface area contributed by atoms with Gasteiger partial charge in [0.05, 0.1) is 13.2 Å². The molecule has 1 aromatic heterocycles. The van der Waals surface area contributed by atoms with Crippen LogP contribution in [0.1, 0.15) is 5.69 Å². The van der Waals surface area contributed by atoms with Gasteiger partial charge in [0, 0.05) is 24.8 Å². The van der Waals surface area contributed by atoms with Gasteiger partial charge in [0.1, 0.15) is 5.82 Å². The van der Waals surface area contributed by atoms with Crippen LogP contribution in [-0.2, 0) is 4.74 Å². The Balaban J connectivity index is 2.14. The standard InChI is InChI=1S/C10H13N2O/c1-9-3-2-4-10(11-9)12-5-7-13-8-6-12/h2,4H,5-8H2,1H3. The monoisotopic (exact) mass is 177 g/mol. The van der Waals surface area contributed by atoms with Crippen molar-refractivity contribution in [3.8, 4) is 0 Å². The summed E-state index contributed by atoms with van der Waals surface area (Å²) in [5.41, 5.74) is 0.948. The molecular formula is C10H13N2O. The summed E-state index contributed by atoms with van der Waals surface area (Å²) in [6.07, 6.45) is 0. The second-order valence-corrected chi connectivity index (χ2v) is 3.13. The highest BCUT2D eigenvalue weighted by atomic mass is 16.5. The van der Waals surface area contributed by atoms with Crippen LogP contribution < -0.4 is 4.90 Å². The highest BCUT2D eigenvalue weighted by molar-refractivity contribution is 5.39. The van der Waals surface area contributed by atoms with Crippen LogP contribution in [0, 0.1) is 13.0 Å². The Hall–Kier alpha value is -1.09. The van der Waals surface area contributed by atoms with Crippen molar-refractivity contribution in [1.82, 2.24) is 4.98 Å². The minimum atomic E-state index is 0.805. The third-order valence-electron chi connectivity index (χ3n) is 2.14. The first kappa shape index (κ1) is 8.51. The van der Waals surface area contributed by atoms with Crippen molar-refractivity contribution in [2.24, 2.45) is 0 Å². The molecule has 3 heteroatoms. The largest absolute Gasteiger partial charge is 0.378 e. The molecule has 0 saturated carbocycles. The maximum Gasteiger partial charge on any atom is 0.128 e. The first-order chi connectivity index (χ1) is 6.36. The summed E-state index contributed by atoms with van der Waals surface area (Å²) in [5, 5.41) is 0. The van der Waals surface area contributed by atoms with E-state index in [1.807, 2.05) is 19.1 Å². The molecule has 13 heavy (non-hydrogen) atoms. The van der Waals surface area contributed by atoms with E-state index in [9.17, 15) is 0 Å². The number of hydrogen-bond acceptors (Lipinski definition) is 3. The summed E-state index contributed by atoms with van der Waals surface area (Å²) < 4.78 is 5.27. The van der Waals surface area contributed by atoms with Crippen LogP contribution in [-0.4, -0.2) is 31.3 Å². The smallest absolute Gasteiger partial charge is 0.128 e. The number of rotatable bonds is 1. The first-order valence-corrected chi connectivity index (χ1v) is 4.54. The number of pyridine rings is 1. The van der Waals surface area contributed by atoms with E-state index in [-0.39, 0.29) is 0 Å². The number of anilines is 1. The molecule has 2 heterocycles. The van der Waals surface area contributed by atoms with Crippen LogP contribution in [0.3, 0.4) is 0 Å². The fourth-order valence-electron chi connectivity index (χ4n) is 1.45. The van der Waals surface area contributed by atoms with Crippen LogP contribution in [0.5, 0.6) is 0 Å². The van der Waals surface area contributed by atoms with E-state index in [2.05, 4.69) is 16.0 Å². The maximum atomic E-state index is 5.27. The van der Waals surface area contributed by atoms with Gasteiger partial charge in [0.2, 0.25) is 0 Å². The van der Waals surface area contributed by atoms with Gasteiger partial charge in [-0.15, -0.1) is 0 Å². The van der Waals surface area contributed by atoms with E-state index in [1.165, 1.54) is 0 Å². The topological polar surface area (TPSA) is 25.4 Å². The first-order valence-electron chi connectivity index (χ1n) is 4.54. The third kappa shape index (κ3) is 1.98. The molecule has 69 valence electrons. The lowest BCUT2D eigenvalue weighted by Gasteiger charge is -2.27. The van der Waals surface area contributed by atoms with Gasteiger partial charge in [-0.05, 0) is 19.1 Å². The molecular weight excluding hydrogens is 164 g/mol. The van der Waals surface area contributed by atoms with E-state index < -0.39 is 0 Å². The van der Waals surface area contributed by atoms with E-state index in [0.717, 1.165) is 37.8 Å². The summed E-state index contributed by atoms with van der Waals surface area (Å²) in [6.45, 7) is 5.45. The fraction of sp³-hybridized carbons (Fsp3) is 0.500. The summed E-state index contributed by atoms with van der Waals surface area (Å²) in [6, 6.07) is 6.96. The molecule has 1 aliphatic heterocycles. The molecule has 2 rings (SSSR count). The molecule has 1 aliphatic rings. The van der Waals surface area contributed by atoms with Crippen molar-refractivity contribution in [3.05, 3.63) is 23.9 Å². The van der Waals surface area contributed by atoms with E-state index in [4.69, 9.17) is 4.74 Å². The molecule has 1 saturated heterocycles. The Morgan fingerprint density at radius 2 is 2.23 bits per heavy atom. The Morgan fingerprint density at radius 3 is 2.92 bits per heavy atom. The number of hydrogen-bond donors (Lipinski definition) is 0. The molecule has 0 bridgehead atoms. The van der Waals surface area contributed by atoms with Crippen molar-refractivity contribution >= 4 is 5.82 Å². The molecule has 3 nitrogen and oxygen atoms in total. The average Bonchev–Trinajstić information content (AvgIpc) is 2.19. The van der Waals surface area contributed by atoms with Crippen LogP contribution >= 0.6 is 0 Å². The van der Waals surface area contributed by atoms with E-state index in [1.54, 1.807) is 0 Å². The van der Waals surface area contributed by atoms with E-state index in [0.29, 0.717) is 0 Å². The molecule has 0 unspecified atom stereocenters. The summed E-state index contributed by atoms with van der Waals surface area (Å²) in [4.78, 5) is 6.65. The van der Waals surface area contributed by atoms with Gasteiger partial charge >= 0.3 is 0 Å². The predicted molar refractivity (Wildman–Crippen MR) is 50.8 cm³/mol. The fourth-order valence-corrected chi connectivity index (χ4v) is 1.45. The number of nitrogens with zero attached hydrogens (tertiary/aromatic N) is 2. The number of aryl methyl sites for hydroxylation is 1. The quantitative estimate of drug-likeness (QED) is 0.640. The lowest BCUT2D eigenvalue weighted by Crippen LogP contribution is -2.36. The molecule has 0 aliphatic carbocycles. The second-order valence-electron chi connectivity index (χ2n) is 3.13. The van der Waals surface area contributed by atoms with Gasteiger partial charge in [-0.25, -0.2) is 4.98 Å². The molecule has 0 atom stereocenters. The molecule has 1 aromatic rings. The zero-order chi connectivity index (χ0) is 9.10. The summed E-state index contributed by atoms with van der Waals surface area (Å²) in [5.74, 6) is 1.04. The van der Waals surface area contributed by atoms with Gasteiger partial charge in [0.25, 0.3) is 0 Å². The van der Waals surface area contributed by atoms with Crippen LogP contribution in [0.25, 0.3) is 0 Å². The number of ether oxygens (including phenoxy) is 1. The Labute approximate surface area is 78.3 Å². The van der Waals surface area contributed by atoms with Gasteiger partial charge < -0.3 is 9.64 Å². The molecule has 1 fully saturated rings. The van der Waals surface area contributed by atoms with E-state index >= 15 is 0 Å². The molecule has 0 amide bonds.